The molecule has 3 nitrogen and oxygen atoms in total. The Hall–Kier alpha value is -0.950. The number of carbonyl (C=O) groups is 1. The highest BCUT2D eigenvalue weighted by molar-refractivity contribution is 5.52. The molecule has 0 amide bonds. The Bertz CT molecular complexity index is 145. The van der Waals surface area contributed by atoms with Crippen LogP contribution in [-0.2, 0) is 9.59 Å². The summed E-state index contributed by atoms with van der Waals surface area (Å²) in [6.07, 6.45) is 2.41. The molecule has 0 bridgehead atoms. The van der Waals surface area contributed by atoms with Crippen LogP contribution in [0.3, 0.4) is 0 Å². The van der Waals surface area contributed by atoms with Crippen LogP contribution in [0.25, 0.3) is 0 Å². The van der Waals surface area contributed by atoms with Gasteiger partial charge < -0.3 is 4.79 Å². The maximum Gasteiger partial charge on any atom is 0.235 e. The fourth-order valence-electron chi connectivity index (χ4n) is 0.373. The summed E-state index contributed by atoms with van der Waals surface area (Å²) in [6, 6.07) is 0. The van der Waals surface area contributed by atoms with Crippen molar-refractivity contribution in [3.8, 4) is 0 Å². The maximum atomic E-state index is 9.91. The SMILES string of the molecule is CC(C)(CC=O)N=C=O. The van der Waals surface area contributed by atoms with Gasteiger partial charge in [-0.1, -0.05) is 0 Å². The molecule has 0 aliphatic heterocycles. The molecule has 0 fully saturated rings. The van der Waals surface area contributed by atoms with E-state index in [2.05, 4.69) is 4.99 Å². The van der Waals surface area contributed by atoms with Gasteiger partial charge in [-0.2, -0.15) is 4.99 Å². The largest absolute Gasteiger partial charge is 0.303 e. The lowest BCUT2D eigenvalue weighted by molar-refractivity contribution is -0.108. The lowest BCUT2D eigenvalue weighted by Gasteiger charge is -2.11. The number of hydrogen-bond acceptors (Lipinski definition) is 3. The predicted octanol–water partition coefficient (Wildman–Crippen LogP) is 0.690. The topological polar surface area (TPSA) is 46.5 Å². The molecule has 0 heterocycles. The summed E-state index contributed by atoms with van der Waals surface area (Å²) >= 11 is 0. The molecule has 0 radical (unpaired) electrons. The molecule has 0 saturated carbocycles. The lowest BCUT2D eigenvalue weighted by Crippen LogP contribution is -2.16. The van der Waals surface area contributed by atoms with Crippen molar-refractivity contribution < 1.29 is 9.59 Å². The van der Waals surface area contributed by atoms with Gasteiger partial charge in [-0.3, -0.25) is 0 Å². The highest BCUT2D eigenvalue weighted by atomic mass is 16.1. The Balaban J connectivity index is 3.99. The fourth-order valence-corrected chi connectivity index (χ4v) is 0.373. The zero-order valence-corrected chi connectivity index (χ0v) is 5.55. The zero-order valence-electron chi connectivity index (χ0n) is 5.55. The highest BCUT2D eigenvalue weighted by Crippen LogP contribution is 2.10. The van der Waals surface area contributed by atoms with Gasteiger partial charge in [-0.05, 0) is 13.8 Å². The van der Waals surface area contributed by atoms with Crippen molar-refractivity contribution >= 4 is 12.4 Å². The number of carbonyl (C=O) groups excluding carboxylic acids is 2. The van der Waals surface area contributed by atoms with Crippen LogP contribution in [0, 0.1) is 0 Å². The second kappa shape index (κ2) is 3.15. The molecule has 9 heavy (non-hydrogen) atoms. The van der Waals surface area contributed by atoms with Crippen LogP contribution in [0.4, 0.5) is 0 Å². The van der Waals surface area contributed by atoms with Gasteiger partial charge >= 0.3 is 0 Å². The predicted molar refractivity (Wildman–Crippen MR) is 32.9 cm³/mol. The minimum atomic E-state index is -0.566. The molecule has 0 aromatic carbocycles. The van der Waals surface area contributed by atoms with E-state index in [1.807, 2.05) is 0 Å². The minimum absolute atomic E-state index is 0.266. The first-order valence-corrected chi connectivity index (χ1v) is 2.65. The number of rotatable bonds is 3. The molecule has 0 rings (SSSR count). The number of isocyanates is 1. The third-order valence-corrected chi connectivity index (χ3v) is 0.931. The molecule has 0 aliphatic carbocycles. The normalized spacial score (nSPS) is 10.0. The number of aldehydes is 1. The zero-order chi connectivity index (χ0) is 7.33. The molecule has 0 N–H and O–H groups in total. The Morgan fingerprint density at radius 3 is 2.56 bits per heavy atom. The lowest BCUT2D eigenvalue weighted by atomic mass is 10.0. The highest BCUT2D eigenvalue weighted by Gasteiger charge is 2.14. The second-order valence-corrected chi connectivity index (χ2v) is 2.39. The fraction of sp³-hybridized carbons (Fsp3) is 0.667. The van der Waals surface area contributed by atoms with Crippen LogP contribution in [0.15, 0.2) is 4.99 Å². The van der Waals surface area contributed by atoms with Crippen molar-refractivity contribution in [3.05, 3.63) is 0 Å². The van der Waals surface area contributed by atoms with E-state index in [1.165, 1.54) is 6.08 Å². The average Bonchev–Trinajstić information content (AvgIpc) is 1.64. The smallest absolute Gasteiger partial charge is 0.235 e. The van der Waals surface area contributed by atoms with Crippen molar-refractivity contribution in [1.29, 1.82) is 0 Å². The molecular formula is C6H9NO2. The molecule has 0 saturated heterocycles. The quantitative estimate of drug-likeness (QED) is 0.318. The van der Waals surface area contributed by atoms with Crippen LogP contribution < -0.4 is 0 Å². The summed E-state index contributed by atoms with van der Waals surface area (Å²) in [7, 11) is 0. The standard InChI is InChI=1S/C6H9NO2/c1-6(2,3-4-8)7-5-9/h4H,3H2,1-2H3. The van der Waals surface area contributed by atoms with E-state index in [0.29, 0.717) is 0 Å². The van der Waals surface area contributed by atoms with Crippen LogP contribution in [0.2, 0.25) is 0 Å². The van der Waals surface area contributed by atoms with Gasteiger partial charge in [0.15, 0.2) is 0 Å². The monoisotopic (exact) mass is 127 g/mol. The molecule has 0 atom stereocenters. The maximum absolute atomic E-state index is 9.91. The van der Waals surface area contributed by atoms with E-state index in [1.54, 1.807) is 13.8 Å². The molecule has 0 aromatic heterocycles. The molecule has 0 spiro atoms. The Morgan fingerprint density at radius 1 is 1.67 bits per heavy atom. The summed E-state index contributed by atoms with van der Waals surface area (Å²) < 4.78 is 0. The van der Waals surface area contributed by atoms with Gasteiger partial charge in [0.2, 0.25) is 6.08 Å². The average molecular weight is 127 g/mol. The number of hydrogen-bond donors (Lipinski definition) is 0. The summed E-state index contributed by atoms with van der Waals surface area (Å²) in [4.78, 5) is 23.0. The molecule has 3 heteroatoms. The number of aliphatic imine (C=N–C) groups is 1. The van der Waals surface area contributed by atoms with Crippen molar-refractivity contribution in [3.63, 3.8) is 0 Å². The first kappa shape index (κ1) is 8.05. The van der Waals surface area contributed by atoms with Crippen molar-refractivity contribution in [2.45, 2.75) is 25.8 Å². The molecule has 0 aliphatic rings. The minimum Gasteiger partial charge on any atom is -0.303 e. The van der Waals surface area contributed by atoms with E-state index in [9.17, 15) is 9.59 Å². The third-order valence-electron chi connectivity index (χ3n) is 0.931. The van der Waals surface area contributed by atoms with E-state index in [4.69, 9.17) is 0 Å². The van der Waals surface area contributed by atoms with Crippen LogP contribution in [-0.4, -0.2) is 17.9 Å². The van der Waals surface area contributed by atoms with E-state index in [0.717, 1.165) is 6.29 Å². The van der Waals surface area contributed by atoms with Gasteiger partial charge in [-0.25, -0.2) is 4.79 Å². The van der Waals surface area contributed by atoms with Gasteiger partial charge in [0.25, 0.3) is 0 Å². The second-order valence-electron chi connectivity index (χ2n) is 2.39. The van der Waals surface area contributed by atoms with Crippen molar-refractivity contribution in [2.75, 3.05) is 0 Å². The van der Waals surface area contributed by atoms with Crippen molar-refractivity contribution in [2.24, 2.45) is 4.99 Å². The first-order valence-electron chi connectivity index (χ1n) is 2.65. The molecule has 0 aromatic rings. The van der Waals surface area contributed by atoms with Gasteiger partial charge in [-0.15, -0.1) is 0 Å². The molecular weight excluding hydrogens is 118 g/mol. The van der Waals surface area contributed by atoms with Crippen LogP contribution in [0.5, 0.6) is 0 Å². The Labute approximate surface area is 53.8 Å². The van der Waals surface area contributed by atoms with E-state index < -0.39 is 5.54 Å². The third kappa shape index (κ3) is 3.62. The van der Waals surface area contributed by atoms with Gasteiger partial charge in [0.05, 0.1) is 5.54 Å². The molecule has 0 unspecified atom stereocenters. The summed E-state index contributed by atoms with van der Waals surface area (Å²) in [6.45, 7) is 3.40. The van der Waals surface area contributed by atoms with E-state index >= 15 is 0 Å². The van der Waals surface area contributed by atoms with Crippen LogP contribution in [0.1, 0.15) is 20.3 Å². The number of nitrogens with zero attached hydrogens (tertiary/aromatic N) is 1. The Kier molecular flexibility index (Phi) is 2.82. The summed E-state index contributed by atoms with van der Waals surface area (Å²) in [5, 5.41) is 0. The summed E-state index contributed by atoms with van der Waals surface area (Å²) in [5.41, 5.74) is -0.566. The van der Waals surface area contributed by atoms with Gasteiger partial charge in [0, 0.05) is 6.42 Å². The van der Waals surface area contributed by atoms with Crippen LogP contribution >= 0.6 is 0 Å². The van der Waals surface area contributed by atoms with Gasteiger partial charge in [0.1, 0.15) is 6.29 Å². The molecule has 50 valence electrons. The Morgan fingerprint density at radius 2 is 2.22 bits per heavy atom. The summed E-state index contributed by atoms with van der Waals surface area (Å²) in [5.74, 6) is 0. The first-order chi connectivity index (χ1) is 4.12. The van der Waals surface area contributed by atoms with E-state index in [-0.39, 0.29) is 6.42 Å². The van der Waals surface area contributed by atoms with Crippen molar-refractivity contribution in [1.82, 2.24) is 0 Å².